The quantitative estimate of drug-likeness (QED) is 0.299. The minimum atomic E-state index is -0.00316. The summed E-state index contributed by atoms with van der Waals surface area (Å²) < 4.78 is -0.00631. The standard InChI is InChI=1S/C30H30S/c1-29(2,27-19-15-25(16-20-27)23-11-7-5-8-12-23)31-30(3,4)28-21-17-26(18-22-28)24-13-9-6-10-14-24/h5-22H,1-4H3. The molecule has 0 radical (unpaired) electrons. The SMILES string of the molecule is CC(C)(SC(C)(C)c1ccc(-c2ccccc2)cc1)c1ccc(-c2ccccc2)cc1. The first-order chi connectivity index (χ1) is 14.9. The average molecular weight is 423 g/mol. The van der Waals surface area contributed by atoms with Crippen LogP contribution >= 0.6 is 11.8 Å². The highest BCUT2D eigenvalue weighted by Crippen LogP contribution is 2.49. The molecule has 0 fully saturated rings. The second-order valence-corrected chi connectivity index (χ2v) is 11.3. The maximum Gasteiger partial charge on any atom is 0.0360 e. The van der Waals surface area contributed by atoms with Crippen molar-refractivity contribution in [1.29, 1.82) is 0 Å². The highest BCUT2D eigenvalue weighted by molar-refractivity contribution is 8.01. The summed E-state index contributed by atoms with van der Waals surface area (Å²) in [6.07, 6.45) is 0. The van der Waals surface area contributed by atoms with Crippen molar-refractivity contribution in [3.8, 4) is 22.3 Å². The Balaban J connectivity index is 1.52. The van der Waals surface area contributed by atoms with E-state index in [9.17, 15) is 0 Å². The predicted octanol–water partition coefficient (Wildman–Crippen LogP) is 8.92. The fraction of sp³-hybridized carbons (Fsp3) is 0.200. The molecular weight excluding hydrogens is 392 g/mol. The molecule has 0 aliphatic rings. The van der Waals surface area contributed by atoms with Gasteiger partial charge >= 0.3 is 0 Å². The molecule has 0 aromatic heterocycles. The molecule has 0 bridgehead atoms. The van der Waals surface area contributed by atoms with Crippen LogP contribution in [0, 0.1) is 0 Å². The van der Waals surface area contributed by atoms with Crippen LogP contribution in [-0.2, 0) is 9.49 Å². The lowest BCUT2D eigenvalue weighted by Gasteiger charge is -2.35. The van der Waals surface area contributed by atoms with E-state index in [1.807, 2.05) is 11.8 Å². The van der Waals surface area contributed by atoms with E-state index in [1.165, 1.54) is 33.4 Å². The number of thioether (sulfide) groups is 1. The van der Waals surface area contributed by atoms with Crippen LogP contribution in [-0.4, -0.2) is 0 Å². The van der Waals surface area contributed by atoms with Crippen LogP contribution in [0.5, 0.6) is 0 Å². The van der Waals surface area contributed by atoms with Crippen molar-refractivity contribution in [2.45, 2.75) is 37.2 Å². The first kappa shape index (κ1) is 21.5. The molecule has 0 atom stereocenters. The maximum atomic E-state index is 2.33. The molecule has 0 heterocycles. The van der Waals surface area contributed by atoms with Crippen molar-refractivity contribution in [2.24, 2.45) is 0 Å². The van der Waals surface area contributed by atoms with Gasteiger partial charge in [0.05, 0.1) is 0 Å². The Kier molecular flexibility index (Phi) is 6.07. The van der Waals surface area contributed by atoms with Gasteiger partial charge in [0.1, 0.15) is 0 Å². The van der Waals surface area contributed by atoms with Gasteiger partial charge in [-0.25, -0.2) is 0 Å². The van der Waals surface area contributed by atoms with Crippen LogP contribution in [0.4, 0.5) is 0 Å². The van der Waals surface area contributed by atoms with Crippen LogP contribution in [0.2, 0.25) is 0 Å². The van der Waals surface area contributed by atoms with Crippen LogP contribution in [0.25, 0.3) is 22.3 Å². The molecule has 0 aliphatic carbocycles. The van der Waals surface area contributed by atoms with E-state index in [2.05, 4.69) is 137 Å². The zero-order valence-electron chi connectivity index (χ0n) is 18.8. The Morgan fingerprint density at radius 2 is 0.677 bits per heavy atom. The number of rotatable bonds is 6. The molecule has 0 saturated carbocycles. The molecule has 156 valence electrons. The molecule has 1 heteroatoms. The Labute approximate surface area is 191 Å². The minimum Gasteiger partial charge on any atom is -0.140 e. The molecule has 0 spiro atoms. The van der Waals surface area contributed by atoms with E-state index in [4.69, 9.17) is 0 Å². The second-order valence-electron chi connectivity index (χ2n) is 9.01. The predicted molar refractivity (Wildman–Crippen MR) is 137 cm³/mol. The second kappa shape index (κ2) is 8.77. The lowest BCUT2D eigenvalue weighted by atomic mass is 9.97. The third kappa shape index (κ3) is 4.94. The molecule has 31 heavy (non-hydrogen) atoms. The van der Waals surface area contributed by atoms with Crippen LogP contribution in [0.15, 0.2) is 109 Å². The largest absolute Gasteiger partial charge is 0.140 e. The van der Waals surface area contributed by atoms with Gasteiger partial charge in [-0.15, -0.1) is 11.8 Å². The smallest absolute Gasteiger partial charge is 0.0360 e. The minimum absolute atomic E-state index is 0.00316. The molecule has 4 aromatic carbocycles. The van der Waals surface area contributed by atoms with Crippen molar-refractivity contribution in [3.05, 3.63) is 120 Å². The summed E-state index contributed by atoms with van der Waals surface area (Å²) in [6.45, 7) is 9.31. The lowest BCUT2D eigenvalue weighted by Crippen LogP contribution is -2.22. The van der Waals surface area contributed by atoms with Gasteiger partial charge in [0, 0.05) is 9.49 Å². The van der Waals surface area contributed by atoms with Crippen molar-refractivity contribution in [3.63, 3.8) is 0 Å². The monoisotopic (exact) mass is 422 g/mol. The lowest BCUT2D eigenvalue weighted by molar-refractivity contribution is 0.717. The molecular formula is C30H30S. The normalized spacial score (nSPS) is 12.0. The summed E-state index contributed by atoms with van der Waals surface area (Å²) in [5, 5.41) is 0. The van der Waals surface area contributed by atoms with Crippen LogP contribution in [0.1, 0.15) is 38.8 Å². The Morgan fingerprint density at radius 3 is 1.00 bits per heavy atom. The van der Waals surface area contributed by atoms with Gasteiger partial charge < -0.3 is 0 Å². The Hall–Kier alpha value is -2.77. The number of hydrogen-bond acceptors (Lipinski definition) is 1. The average Bonchev–Trinajstić information content (AvgIpc) is 2.80. The highest BCUT2D eigenvalue weighted by atomic mass is 32.2. The van der Waals surface area contributed by atoms with Crippen molar-refractivity contribution in [2.75, 3.05) is 0 Å². The zero-order chi connectivity index (χ0) is 21.9. The summed E-state index contributed by atoms with van der Waals surface area (Å²) in [5.74, 6) is 0. The van der Waals surface area contributed by atoms with Gasteiger partial charge in [0.15, 0.2) is 0 Å². The fourth-order valence-electron chi connectivity index (χ4n) is 4.15. The third-order valence-corrected chi connectivity index (χ3v) is 7.38. The molecule has 0 nitrogen and oxygen atoms in total. The van der Waals surface area contributed by atoms with Gasteiger partial charge in [-0.3, -0.25) is 0 Å². The first-order valence-electron chi connectivity index (χ1n) is 10.9. The van der Waals surface area contributed by atoms with E-state index in [1.54, 1.807) is 0 Å². The molecule has 0 N–H and O–H groups in total. The molecule has 4 rings (SSSR count). The maximum absolute atomic E-state index is 2.33. The van der Waals surface area contributed by atoms with Gasteiger partial charge in [0.2, 0.25) is 0 Å². The molecule has 0 aliphatic heterocycles. The summed E-state index contributed by atoms with van der Waals surface area (Å²) in [6, 6.07) is 39.3. The third-order valence-electron chi connectivity index (χ3n) is 5.88. The van der Waals surface area contributed by atoms with E-state index >= 15 is 0 Å². The fourth-order valence-corrected chi connectivity index (χ4v) is 5.93. The van der Waals surface area contributed by atoms with Crippen molar-refractivity contribution >= 4 is 11.8 Å². The summed E-state index contributed by atoms with van der Waals surface area (Å²) in [5.41, 5.74) is 7.76. The molecule has 0 unspecified atom stereocenters. The molecule has 0 saturated heterocycles. The van der Waals surface area contributed by atoms with Crippen LogP contribution in [0.3, 0.4) is 0 Å². The van der Waals surface area contributed by atoms with E-state index in [-0.39, 0.29) is 9.49 Å². The molecule has 0 amide bonds. The summed E-state index contributed by atoms with van der Waals surface area (Å²) in [4.78, 5) is 0. The van der Waals surface area contributed by atoms with Gasteiger partial charge in [-0.1, -0.05) is 109 Å². The van der Waals surface area contributed by atoms with E-state index in [0.717, 1.165) is 0 Å². The van der Waals surface area contributed by atoms with Crippen LogP contribution < -0.4 is 0 Å². The topological polar surface area (TPSA) is 0 Å². The van der Waals surface area contributed by atoms with Gasteiger partial charge in [0.25, 0.3) is 0 Å². The zero-order valence-corrected chi connectivity index (χ0v) is 19.6. The molecule has 4 aromatic rings. The summed E-state index contributed by atoms with van der Waals surface area (Å²) in [7, 11) is 0. The van der Waals surface area contributed by atoms with E-state index < -0.39 is 0 Å². The highest BCUT2D eigenvalue weighted by Gasteiger charge is 2.32. The van der Waals surface area contributed by atoms with Gasteiger partial charge in [-0.05, 0) is 61.1 Å². The Morgan fingerprint density at radius 1 is 0.387 bits per heavy atom. The number of benzene rings is 4. The Bertz CT molecular complexity index is 1010. The van der Waals surface area contributed by atoms with Crippen molar-refractivity contribution in [1.82, 2.24) is 0 Å². The first-order valence-corrected chi connectivity index (χ1v) is 11.7. The van der Waals surface area contributed by atoms with Gasteiger partial charge in [-0.2, -0.15) is 0 Å². The summed E-state index contributed by atoms with van der Waals surface area (Å²) >= 11 is 2.01. The van der Waals surface area contributed by atoms with E-state index in [0.29, 0.717) is 0 Å². The van der Waals surface area contributed by atoms with Crippen molar-refractivity contribution < 1.29 is 0 Å². The number of hydrogen-bond donors (Lipinski definition) is 0.